The molecule has 0 amide bonds. The first-order valence-electron chi connectivity index (χ1n) is 4.94. The summed E-state index contributed by atoms with van der Waals surface area (Å²) in [7, 11) is 0. The van der Waals surface area contributed by atoms with Crippen LogP contribution in [0, 0.1) is 15.2 Å². The second-order valence-corrected chi connectivity index (χ2v) is 4.92. The van der Waals surface area contributed by atoms with Crippen LogP contribution in [0.25, 0.3) is 11.1 Å². The van der Waals surface area contributed by atoms with E-state index in [0.717, 1.165) is 3.57 Å². The van der Waals surface area contributed by atoms with Gasteiger partial charge in [-0.3, -0.25) is 0 Å². The fourth-order valence-corrected chi connectivity index (χ4v) is 2.09. The first kappa shape index (κ1) is 13.3. The predicted octanol–water partition coefficient (Wildman–Crippen LogP) is 4.97. The lowest BCUT2D eigenvalue weighted by molar-refractivity contribution is 0.625. The van der Waals surface area contributed by atoms with Gasteiger partial charge in [0.05, 0.1) is 5.16 Å². The Morgan fingerprint density at radius 2 is 1.83 bits per heavy atom. The maximum atomic E-state index is 13.7. The zero-order valence-corrected chi connectivity index (χ0v) is 11.9. The Morgan fingerprint density at radius 1 is 1.06 bits per heavy atom. The molecule has 0 saturated heterocycles. The van der Waals surface area contributed by atoms with Gasteiger partial charge >= 0.3 is 0 Å². The van der Waals surface area contributed by atoms with Gasteiger partial charge in [0, 0.05) is 9.13 Å². The van der Waals surface area contributed by atoms with Gasteiger partial charge in [-0.25, -0.2) is 8.78 Å². The van der Waals surface area contributed by atoms with E-state index in [2.05, 4.69) is 22.4 Å². The standard InChI is InChI=1S/C13H6F2INS/c14-11-6-9(16)2-3-10(11)8-1-4-13(17-7-18)12(15)5-8/h1-6H. The number of isothiocyanates is 1. The Labute approximate surface area is 122 Å². The van der Waals surface area contributed by atoms with Crippen molar-refractivity contribution in [1.82, 2.24) is 0 Å². The summed E-state index contributed by atoms with van der Waals surface area (Å²) >= 11 is 6.43. The molecule has 2 rings (SSSR count). The van der Waals surface area contributed by atoms with Crippen molar-refractivity contribution in [1.29, 1.82) is 0 Å². The third-order valence-corrected chi connectivity index (χ3v) is 3.12. The molecule has 0 radical (unpaired) electrons. The molecular formula is C13H6F2INS. The quantitative estimate of drug-likeness (QED) is 0.411. The normalized spacial score (nSPS) is 9.94. The molecule has 5 heteroatoms. The lowest BCUT2D eigenvalue weighted by Gasteiger charge is -2.05. The van der Waals surface area contributed by atoms with Gasteiger partial charge in [0.2, 0.25) is 0 Å². The molecule has 0 heterocycles. The average molecular weight is 373 g/mol. The average Bonchev–Trinajstić information content (AvgIpc) is 2.32. The van der Waals surface area contributed by atoms with E-state index in [-0.39, 0.29) is 11.5 Å². The molecule has 0 aliphatic carbocycles. The van der Waals surface area contributed by atoms with Gasteiger partial charge in [-0.15, -0.1) is 0 Å². The van der Waals surface area contributed by atoms with Crippen LogP contribution in [0.2, 0.25) is 0 Å². The Hall–Kier alpha value is -1.17. The first-order valence-corrected chi connectivity index (χ1v) is 6.43. The maximum Gasteiger partial charge on any atom is 0.150 e. The van der Waals surface area contributed by atoms with Crippen molar-refractivity contribution in [3.05, 3.63) is 51.6 Å². The summed E-state index contributed by atoms with van der Waals surface area (Å²) in [6.45, 7) is 0. The summed E-state index contributed by atoms with van der Waals surface area (Å²) in [6, 6.07) is 9.06. The SMILES string of the molecule is Fc1cc(-c2ccc(I)cc2F)ccc1N=C=S. The van der Waals surface area contributed by atoms with E-state index in [4.69, 9.17) is 0 Å². The number of nitrogens with zero attached hydrogens (tertiary/aromatic N) is 1. The van der Waals surface area contributed by atoms with E-state index >= 15 is 0 Å². The third kappa shape index (κ3) is 2.80. The van der Waals surface area contributed by atoms with Crippen LogP contribution in [0.5, 0.6) is 0 Å². The number of rotatable bonds is 2. The van der Waals surface area contributed by atoms with Crippen molar-refractivity contribution >= 4 is 45.7 Å². The zero-order chi connectivity index (χ0) is 13.1. The van der Waals surface area contributed by atoms with E-state index in [0.29, 0.717) is 11.1 Å². The first-order chi connectivity index (χ1) is 8.61. The van der Waals surface area contributed by atoms with Crippen molar-refractivity contribution in [3.63, 3.8) is 0 Å². The Bertz CT molecular complexity index is 651. The molecule has 0 bridgehead atoms. The molecule has 0 atom stereocenters. The van der Waals surface area contributed by atoms with Crippen molar-refractivity contribution in [2.24, 2.45) is 4.99 Å². The number of hydrogen-bond acceptors (Lipinski definition) is 2. The molecule has 2 aromatic carbocycles. The summed E-state index contributed by atoms with van der Waals surface area (Å²) < 4.78 is 28.2. The van der Waals surface area contributed by atoms with Crippen LogP contribution >= 0.6 is 34.8 Å². The van der Waals surface area contributed by atoms with Crippen LogP contribution < -0.4 is 0 Å². The molecular weight excluding hydrogens is 367 g/mol. The molecule has 0 spiro atoms. The van der Waals surface area contributed by atoms with E-state index in [1.54, 1.807) is 18.2 Å². The van der Waals surface area contributed by atoms with Crippen LogP contribution in [0.1, 0.15) is 0 Å². The lowest BCUT2D eigenvalue weighted by atomic mass is 10.0. The van der Waals surface area contributed by atoms with Gasteiger partial charge < -0.3 is 0 Å². The number of hydrogen-bond donors (Lipinski definition) is 0. The fraction of sp³-hybridized carbons (Fsp3) is 0. The van der Waals surface area contributed by atoms with Gasteiger partial charge in [0.15, 0.2) is 0 Å². The largest absolute Gasteiger partial charge is 0.206 e. The minimum Gasteiger partial charge on any atom is -0.206 e. The molecule has 2 aromatic rings. The van der Waals surface area contributed by atoms with Crippen LogP contribution in [0.4, 0.5) is 14.5 Å². The molecule has 0 aromatic heterocycles. The van der Waals surface area contributed by atoms with Crippen molar-refractivity contribution < 1.29 is 8.78 Å². The molecule has 0 saturated carbocycles. The van der Waals surface area contributed by atoms with Crippen LogP contribution in [-0.4, -0.2) is 5.16 Å². The van der Waals surface area contributed by atoms with E-state index < -0.39 is 5.82 Å². The highest BCUT2D eigenvalue weighted by molar-refractivity contribution is 14.1. The highest BCUT2D eigenvalue weighted by Crippen LogP contribution is 2.28. The minimum absolute atomic E-state index is 0.0969. The summed E-state index contributed by atoms with van der Waals surface area (Å²) in [4.78, 5) is 3.57. The van der Waals surface area contributed by atoms with E-state index in [9.17, 15) is 8.78 Å². The van der Waals surface area contributed by atoms with Crippen molar-refractivity contribution in [3.8, 4) is 11.1 Å². The second kappa shape index (κ2) is 5.65. The molecule has 0 aliphatic heterocycles. The summed E-state index contributed by atoms with van der Waals surface area (Å²) in [5.41, 5.74) is 0.914. The molecule has 1 nitrogen and oxygen atoms in total. The molecule has 0 unspecified atom stereocenters. The van der Waals surface area contributed by atoms with E-state index in [1.165, 1.54) is 18.2 Å². The van der Waals surface area contributed by atoms with Gasteiger partial charge in [-0.2, -0.15) is 4.99 Å². The molecule has 90 valence electrons. The topological polar surface area (TPSA) is 12.4 Å². The zero-order valence-electron chi connectivity index (χ0n) is 8.95. The second-order valence-electron chi connectivity index (χ2n) is 3.49. The van der Waals surface area contributed by atoms with Gasteiger partial charge in [0.25, 0.3) is 0 Å². The highest BCUT2D eigenvalue weighted by Gasteiger charge is 2.08. The Kier molecular flexibility index (Phi) is 4.16. The number of benzene rings is 2. The number of thiocarbonyl (C=S) groups is 1. The van der Waals surface area contributed by atoms with Crippen LogP contribution in [0.15, 0.2) is 41.4 Å². The summed E-state index contributed by atoms with van der Waals surface area (Å²) in [5.74, 6) is -0.935. The molecule has 0 N–H and O–H groups in total. The van der Waals surface area contributed by atoms with Crippen LogP contribution in [0.3, 0.4) is 0 Å². The van der Waals surface area contributed by atoms with Gasteiger partial charge in [-0.1, -0.05) is 12.1 Å². The fourth-order valence-electron chi connectivity index (χ4n) is 1.54. The van der Waals surface area contributed by atoms with Gasteiger partial charge in [-0.05, 0) is 64.6 Å². The predicted molar refractivity (Wildman–Crippen MR) is 79.2 cm³/mol. The maximum absolute atomic E-state index is 13.7. The highest BCUT2D eigenvalue weighted by atomic mass is 127. The Balaban J connectivity index is 2.52. The van der Waals surface area contributed by atoms with Crippen molar-refractivity contribution in [2.45, 2.75) is 0 Å². The molecule has 0 fully saturated rings. The van der Waals surface area contributed by atoms with Gasteiger partial charge in [0.1, 0.15) is 17.3 Å². The smallest absolute Gasteiger partial charge is 0.150 e. The number of halogens is 3. The monoisotopic (exact) mass is 373 g/mol. The number of aliphatic imine (C=N–C) groups is 1. The Morgan fingerprint density at radius 3 is 2.44 bits per heavy atom. The summed E-state index contributed by atoms with van der Waals surface area (Å²) in [6.07, 6.45) is 0. The molecule has 18 heavy (non-hydrogen) atoms. The molecule has 0 aliphatic rings. The summed E-state index contributed by atoms with van der Waals surface area (Å²) in [5, 5.41) is 2.10. The van der Waals surface area contributed by atoms with Crippen molar-refractivity contribution in [2.75, 3.05) is 0 Å². The van der Waals surface area contributed by atoms with Crippen LogP contribution in [-0.2, 0) is 0 Å². The third-order valence-electron chi connectivity index (χ3n) is 2.36. The van der Waals surface area contributed by atoms with E-state index in [1.807, 2.05) is 22.6 Å². The minimum atomic E-state index is -0.553. The lowest BCUT2D eigenvalue weighted by Crippen LogP contribution is -1.87.